The number of nitrogens with zero attached hydrogens (tertiary/aromatic N) is 1. The first-order chi connectivity index (χ1) is 14.9. The summed E-state index contributed by atoms with van der Waals surface area (Å²) in [7, 11) is 0. The highest BCUT2D eigenvalue weighted by Gasteiger charge is 2.28. The van der Waals surface area contributed by atoms with Crippen LogP contribution in [0.1, 0.15) is 46.3 Å². The molecule has 0 unspecified atom stereocenters. The lowest BCUT2D eigenvalue weighted by Gasteiger charge is -2.13. The van der Waals surface area contributed by atoms with Gasteiger partial charge < -0.3 is 10.1 Å². The van der Waals surface area contributed by atoms with Crippen LogP contribution in [-0.4, -0.2) is 41.7 Å². The van der Waals surface area contributed by atoms with Crippen LogP contribution in [0.4, 0.5) is 0 Å². The molecule has 7 nitrogen and oxygen atoms in total. The number of imide groups is 1. The van der Waals surface area contributed by atoms with Gasteiger partial charge in [-0.1, -0.05) is 42.0 Å². The van der Waals surface area contributed by atoms with Gasteiger partial charge in [-0.15, -0.1) is 0 Å². The molecular formula is C24H26N2O5. The summed E-state index contributed by atoms with van der Waals surface area (Å²) in [6.45, 7) is 2.55. The van der Waals surface area contributed by atoms with Crippen molar-refractivity contribution in [3.63, 3.8) is 0 Å². The molecule has 0 aromatic heterocycles. The van der Waals surface area contributed by atoms with Gasteiger partial charge in [-0.25, -0.2) is 4.79 Å². The summed E-state index contributed by atoms with van der Waals surface area (Å²) in [5.74, 6) is -0.926. The summed E-state index contributed by atoms with van der Waals surface area (Å²) >= 11 is 0. The maximum absolute atomic E-state index is 12.1. The standard InChI is InChI=1S/C24H26N2O5/c1-17-2-4-18(5-3-17)8-11-21(27)25-14-15-31-24(30)20-9-6-19(7-10-20)16-26-22(28)12-13-23(26)29/h2-7,9-10H,8,11-16H2,1H3,(H,25,27). The van der Waals surface area contributed by atoms with Crippen LogP contribution in [0.3, 0.4) is 0 Å². The molecule has 0 bridgehead atoms. The first kappa shape index (κ1) is 22.2. The second kappa shape index (κ2) is 10.5. The zero-order valence-corrected chi connectivity index (χ0v) is 17.6. The van der Waals surface area contributed by atoms with Crippen molar-refractivity contribution in [2.45, 2.75) is 39.2 Å². The second-order valence-corrected chi connectivity index (χ2v) is 7.54. The number of carbonyl (C=O) groups excluding carboxylic acids is 4. The van der Waals surface area contributed by atoms with Gasteiger partial charge in [-0.05, 0) is 36.6 Å². The van der Waals surface area contributed by atoms with E-state index in [9.17, 15) is 19.2 Å². The van der Waals surface area contributed by atoms with Crippen molar-refractivity contribution >= 4 is 23.7 Å². The number of benzene rings is 2. The predicted molar refractivity (Wildman–Crippen MR) is 114 cm³/mol. The van der Waals surface area contributed by atoms with E-state index in [1.165, 1.54) is 10.5 Å². The molecule has 2 aromatic carbocycles. The van der Waals surface area contributed by atoms with Crippen LogP contribution in [0.5, 0.6) is 0 Å². The minimum Gasteiger partial charge on any atom is -0.460 e. The molecule has 1 saturated heterocycles. The molecule has 0 radical (unpaired) electrons. The molecule has 3 rings (SSSR count). The summed E-state index contributed by atoms with van der Waals surface area (Å²) < 4.78 is 5.19. The van der Waals surface area contributed by atoms with E-state index in [1.807, 2.05) is 31.2 Å². The van der Waals surface area contributed by atoms with Gasteiger partial charge in [0.15, 0.2) is 0 Å². The fraction of sp³-hybridized carbons (Fsp3) is 0.333. The maximum atomic E-state index is 12.1. The Morgan fingerprint density at radius 2 is 1.55 bits per heavy atom. The van der Waals surface area contributed by atoms with E-state index >= 15 is 0 Å². The van der Waals surface area contributed by atoms with Gasteiger partial charge in [0.2, 0.25) is 17.7 Å². The first-order valence-electron chi connectivity index (χ1n) is 10.3. The fourth-order valence-corrected chi connectivity index (χ4v) is 3.25. The smallest absolute Gasteiger partial charge is 0.338 e. The van der Waals surface area contributed by atoms with Crippen molar-refractivity contribution in [2.24, 2.45) is 0 Å². The van der Waals surface area contributed by atoms with E-state index in [-0.39, 0.29) is 50.3 Å². The molecule has 2 aromatic rings. The van der Waals surface area contributed by atoms with E-state index in [0.29, 0.717) is 18.4 Å². The second-order valence-electron chi connectivity index (χ2n) is 7.54. The molecule has 31 heavy (non-hydrogen) atoms. The molecule has 162 valence electrons. The lowest BCUT2D eigenvalue weighted by molar-refractivity contribution is -0.139. The fourth-order valence-electron chi connectivity index (χ4n) is 3.25. The highest BCUT2D eigenvalue weighted by atomic mass is 16.5. The van der Waals surface area contributed by atoms with Crippen molar-refractivity contribution in [3.8, 4) is 0 Å². The van der Waals surface area contributed by atoms with Crippen molar-refractivity contribution < 1.29 is 23.9 Å². The van der Waals surface area contributed by atoms with Gasteiger partial charge in [0.1, 0.15) is 6.61 Å². The Labute approximate surface area is 181 Å². The number of ether oxygens (including phenoxy) is 1. The van der Waals surface area contributed by atoms with Crippen LogP contribution in [-0.2, 0) is 32.1 Å². The quantitative estimate of drug-likeness (QED) is 0.381. The number of carbonyl (C=O) groups is 4. The number of nitrogens with one attached hydrogen (secondary N) is 1. The molecule has 1 aliphatic heterocycles. The van der Waals surface area contributed by atoms with E-state index in [1.54, 1.807) is 24.3 Å². The molecule has 1 N–H and O–H groups in total. The van der Waals surface area contributed by atoms with E-state index < -0.39 is 5.97 Å². The monoisotopic (exact) mass is 422 g/mol. The third-order valence-electron chi connectivity index (χ3n) is 5.10. The number of aryl methyl sites for hydroxylation is 2. The normalized spacial score (nSPS) is 13.4. The Balaban J connectivity index is 1.35. The minimum atomic E-state index is -0.492. The van der Waals surface area contributed by atoms with E-state index in [2.05, 4.69) is 5.32 Å². The summed E-state index contributed by atoms with van der Waals surface area (Å²) in [5.41, 5.74) is 3.42. The zero-order valence-electron chi connectivity index (χ0n) is 17.6. The van der Waals surface area contributed by atoms with Crippen LogP contribution >= 0.6 is 0 Å². The lowest BCUT2D eigenvalue weighted by Crippen LogP contribution is -2.28. The Hall–Kier alpha value is -3.48. The molecule has 1 heterocycles. The SMILES string of the molecule is Cc1ccc(CCC(=O)NCCOC(=O)c2ccc(CN3C(=O)CCC3=O)cc2)cc1. The minimum absolute atomic E-state index is 0.0770. The van der Waals surface area contributed by atoms with Crippen molar-refractivity contribution in [3.05, 3.63) is 70.8 Å². The van der Waals surface area contributed by atoms with Gasteiger partial charge in [0, 0.05) is 19.3 Å². The molecule has 7 heteroatoms. The van der Waals surface area contributed by atoms with Crippen molar-refractivity contribution in [1.82, 2.24) is 10.2 Å². The molecule has 0 spiro atoms. The van der Waals surface area contributed by atoms with Crippen LogP contribution in [0.2, 0.25) is 0 Å². The Morgan fingerprint density at radius 3 is 2.19 bits per heavy atom. The molecule has 0 saturated carbocycles. The first-order valence-corrected chi connectivity index (χ1v) is 10.3. The average Bonchev–Trinajstić information content (AvgIpc) is 3.08. The maximum Gasteiger partial charge on any atom is 0.338 e. The molecule has 3 amide bonds. The largest absolute Gasteiger partial charge is 0.460 e. The topological polar surface area (TPSA) is 92.8 Å². The predicted octanol–water partition coefficient (Wildman–Crippen LogP) is 2.55. The molecule has 0 atom stereocenters. The lowest BCUT2D eigenvalue weighted by atomic mass is 10.1. The van der Waals surface area contributed by atoms with E-state index in [4.69, 9.17) is 4.74 Å². The van der Waals surface area contributed by atoms with Crippen LogP contribution < -0.4 is 5.32 Å². The number of hydrogen-bond donors (Lipinski definition) is 1. The van der Waals surface area contributed by atoms with Gasteiger partial charge in [0.05, 0.1) is 18.7 Å². The van der Waals surface area contributed by atoms with Gasteiger partial charge >= 0.3 is 5.97 Å². The van der Waals surface area contributed by atoms with Crippen molar-refractivity contribution in [2.75, 3.05) is 13.2 Å². The Bertz CT molecular complexity index is 935. The Kier molecular flexibility index (Phi) is 7.54. The molecule has 1 aliphatic rings. The van der Waals surface area contributed by atoms with E-state index in [0.717, 1.165) is 11.1 Å². The molecule has 1 fully saturated rings. The highest BCUT2D eigenvalue weighted by molar-refractivity contribution is 6.01. The van der Waals surface area contributed by atoms with Crippen LogP contribution in [0, 0.1) is 6.92 Å². The summed E-state index contributed by atoms with van der Waals surface area (Å²) in [6, 6.07) is 14.7. The summed E-state index contributed by atoms with van der Waals surface area (Å²) in [5, 5.41) is 2.74. The highest BCUT2D eigenvalue weighted by Crippen LogP contribution is 2.16. The average molecular weight is 422 g/mol. The summed E-state index contributed by atoms with van der Waals surface area (Å²) in [4.78, 5) is 48.7. The van der Waals surface area contributed by atoms with Crippen molar-refractivity contribution in [1.29, 1.82) is 0 Å². The van der Waals surface area contributed by atoms with Crippen LogP contribution in [0.15, 0.2) is 48.5 Å². The number of likely N-dealkylation sites (tertiary alicyclic amines) is 1. The van der Waals surface area contributed by atoms with Gasteiger partial charge in [0.25, 0.3) is 0 Å². The number of hydrogen-bond acceptors (Lipinski definition) is 5. The molecular weight excluding hydrogens is 396 g/mol. The number of rotatable bonds is 9. The van der Waals surface area contributed by atoms with Gasteiger partial charge in [-0.2, -0.15) is 0 Å². The zero-order chi connectivity index (χ0) is 22.2. The third kappa shape index (κ3) is 6.50. The van der Waals surface area contributed by atoms with Crippen LogP contribution in [0.25, 0.3) is 0 Å². The molecule has 0 aliphatic carbocycles. The Morgan fingerprint density at radius 1 is 0.935 bits per heavy atom. The summed E-state index contributed by atoms with van der Waals surface area (Å²) in [6.07, 6.45) is 1.55. The third-order valence-corrected chi connectivity index (χ3v) is 5.10. The van der Waals surface area contributed by atoms with Gasteiger partial charge in [-0.3, -0.25) is 19.3 Å². The number of amides is 3. The number of esters is 1.